The zero-order valence-corrected chi connectivity index (χ0v) is 15.3. The van der Waals surface area contributed by atoms with Crippen LogP contribution in [0.2, 0.25) is 0 Å². The normalized spacial score (nSPS) is 17.6. The van der Waals surface area contributed by atoms with Gasteiger partial charge in [-0.25, -0.2) is 18.1 Å². The summed E-state index contributed by atoms with van der Waals surface area (Å²) in [5.41, 5.74) is -0.0702. The zero-order valence-electron chi connectivity index (χ0n) is 14.5. The maximum absolute atomic E-state index is 13.0. The topological polar surface area (TPSA) is 73.2 Å². The van der Waals surface area contributed by atoms with E-state index in [1.165, 1.54) is 18.2 Å². The van der Waals surface area contributed by atoms with Crippen LogP contribution >= 0.6 is 0 Å². The zero-order chi connectivity index (χ0) is 19.9. The first-order valence-corrected chi connectivity index (χ1v) is 9.94. The molecule has 2 heterocycles. The van der Waals surface area contributed by atoms with Crippen LogP contribution in [0.25, 0.3) is 11.0 Å². The third kappa shape index (κ3) is 3.50. The smallest absolute Gasteiger partial charge is 0.371 e. The van der Waals surface area contributed by atoms with Gasteiger partial charge >= 0.3 is 6.18 Å². The van der Waals surface area contributed by atoms with Gasteiger partial charge in [-0.2, -0.15) is 13.2 Å². The number of hydrogen-bond donors (Lipinski definition) is 1. The Morgan fingerprint density at radius 3 is 2.64 bits per heavy atom. The minimum absolute atomic E-state index is 0.0245. The monoisotopic (exact) mass is 411 g/mol. The van der Waals surface area contributed by atoms with Gasteiger partial charge in [0, 0.05) is 6.54 Å². The highest BCUT2D eigenvalue weighted by atomic mass is 32.2. The average molecular weight is 411 g/mol. The summed E-state index contributed by atoms with van der Waals surface area (Å²) in [6, 6.07) is 10.8. The molecule has 0 saturated heterocycles. The van der Waals surface area contributed by atoms with Gasteiger partial charge in [-0.05, 0) is 30.3 Å². The molecule has 1 aromatic heterocycles. The number of aromatic nitrogens is 2. The van der Waals surface area contributed by atoms with Crippen molar-refractivity contribution in [3.63, 3.8) is 0 Å². The Morgan fingerprint density at radius 1 is 1.18 bits per heavy atom. The van der Waals surface area contributed by atoms with Crippen LogP contribution in [-0.2, 0) is 27.5 Å². The maximum atomic E-state index is 13.0. The summed E-state index contributed by atoms with van der Waals surface area (Å²) in [5, 5.41) is 0. The number of halogens is 3. The van der Waals surface area contributed by atoms with E-state index in [1.54, 1.807) is 22.8 Å². The van der Waals surface area contributed by atoms with Gasteiger partial charge in [0.05, 0.1) is 34.1 Å². The van der Waals surface area contributed by atoms with Crippen molar-refractivity contribution in [3.8, 4) is 0 Å². The first kappa shape index (κ1) is 18.9. The third-order valence-electron chi connectivity index (χ3n) is 4.56. The van der Waals surface area contributed by atoms with Crippen molar-refractivity contribution in [3.05, 3.63) is 59.9 Å². The Labute approximate surface area is 159 Å². The lowest BCUT2D eigenvalue weighted by Crippen LogP contribution is -2.35. The molecular weight excluding hydrogens is 395 g/mol. The summed E-state index contributed by atoms with van der Waals surface area (Å²) in [6.07, 6.45) is -4.46. The van der Waals surface area contributed by atoms with Gasteiger partial charge in [0.2, 0.25) is 10.0 Å². The Hall–Kier alpha value is -2.43. The molecule has 1 atom stereocenters. The number of rotatable bonds is 4. The van der Waals surface area contributed by atoms with Crippen LogP contribution in [0.4, 0.5) is 13.2 Å². The number of nitrogens with one attached hydrogen (secondary N) is 1. The first-order valence-electron chi connectivity index (χ1n) is 8.46. The van der Waals surface area contributed by atoms with Gasteiger partial charge in [0.1, 0.15) is 12.4 Å². The number of alkyl halides is 3. The molecule has 0 spiro atoms. The fourth-order valence-electron chi connectivity index (χ4n) is 3.23. The van der Waals surface area contributed by atoms with Crippen molar-refractivity contribution in [1.82, 2.24) is 14.3 Å². The number of hydrogen-bond acceptors (Lipinski definition) is 4. The van der Waals surface area contributed by atoms with Gasteiger partial charge in [-0.15, -0.1) is 0 Å². The summed E-state index contributed by atoms with van der Waals surface area (Å²) in [7, 11) is -3.71. The molecule has 2 aromatic carbocycles. The highest BCUT2D eigenvalue weighted by molar-refractivity contribution is 7.89. The van der Waals surface area contributed by atoms with Gasteiger partial charge in [0.15, 0.2) is 0 Å². The first-order chi connectivity index (χ1) is 13.3. The van der Waals surface area contributed by atoms with Crippen LogP contribution in [0.15, 0.2) is 53.4 Å². The van der Waals surface area contributed by atoms with Crippen molar-refractivity contribution in [1.29, 1.82) is 0 Å². The van der Waals surface area contributed by atoms with Crippen molar-refractivity contribution in [2.24, 2.45) is 0 Å². The van der Waals surface area contributed by atoms with E-state index < -0.39 is 27.8 Å². The lowest BCUT2D eigenvalue weighted by atomic mass is 10.2. The quantitative estimate of drug-likeness (QED) is 0.716. The summed E-state index contributed by atoms with van der Waals surface area (Å²) >= 11 is 0. The summed E-state index contributed by atoms with van der Waals surface area (Å²) in [6.45, 7) is 0.394. The molecule has 0 amide bonds. The van der Waals surface area contributed by atoms with E-state index in [-0.39, 0.29) is 30.2 Å². The van der Waals surface area contributed by atoms with Gasteiger partial charge in [-0.1, -0.05) is 18.2 Å². The van der Waals surface area contributed by atoms with E-state index >= 15 is 0 Å². The van der Waals surface area contributed by atoms with E-state index in [2.05, 4.69) is 9.71 Å². The SMILES string of the molecule is O=S(=O)(NCC1COCc2nc3cc(C(F)(F)F)ccc3n21)c1ccccc1. The summed E-state index contributed by atoms with van der Waals surface area (Å²) < 4.78 is 73.5. The van der Waals surface area contributed by atoms with Gasteiger partial charge < -0.3 is 9.30 Å². The number of fused-ring (bicyclic) bond motifs is 3. The highest BCUT2D eigenvalue weighted by Crippen LogP contribution is 2.33. The second-order valence-electron chi connectivity index (χ2n) is 6.43. The fourth-order valence-corrected chi connectivity index (χ4v) is 4.33. The summed E-state index contributed by atoms with van der Waals surface area (Å²) in [4.78, 5) is 4.38. The van der Waals surface area contributed by atoms with Crippen molar-refractivity contribution < 1.29 is 26.3 Å². The number of nitrogens with zero attached hydrogens (tertiary/aromatic N) is 2. The number of sulfonamides is 1. The minimum atomic E-state index is -4.46. The van der Waals surface area contributed by atoms with Crippen LogP contribution in [0, 0.1) is 0 Å². The molecule has 0 aliphatic carbocycles. The molecule has 10 heteroatoms. The van der Waals surface area contributed by atoms with Crippen LogP contribution in [0.3, 0.4) is 0 Å². The molecule has 6 nitrogen and oxygen atoms in total. The molecule has 28 heavy (non-hydrogen) atoms. The maximum Gasteiger partial charge on any atom is 0.416 e. The van der Waals surface area contributed by atoms with Gasteiger partial charge in [-0.3, -0.25) is 0 Å². The predicted octanol–water partition coefficient (Wildman–Crippen LogP) is 3.10. The Bertz CT molecular complexity index is 1110. The van der Waals surface area contributed by atoms with E-state index in [1.807, 2.05) is 0 Å². The average Bonchev–Trinajstić information content (AvgIpc) is 3.05. The van der Waals surface area contributed by atoms with E-state index in [0.717, 1.165) is 12.1 Å². The van der Waals surface area contributed by atoms with E-state index in [4.69, 9.17) is 4.74 Å². The molecule has 0 saturated carbocycles. The van der Waals surface area contributed by atoms with Gasteiger partial charge in [0.25, 0.3) is 0 Å². The van der Waals surface area contributed by atoms with Crippen LogP contribution in [0.1, 0.15) is 17.4 Å². The number of imidazole rings is 1. The molecule has 0 radical (unpaired) electrons. The Kier molecular flexibility index (Phi) is 4.64. The molecule has 0 fully saturated rings. The highest BCUT2D eigenvalue weighted by Gasteiger charge is 2.32. The molecule has 1 aliphatic heterocycles. The number of ether oxygens (including phenoxy) is 1. The lowest BCUT2D eigenvalue weighted by molar-refractivity contribution is -0.137. The largest absolute Gasteiger partial charge is 0.416 e. The molecule has 3 aromatic rings. The van der Waals surface area contributed by atoms with Crippen molar-refractivity contribution in [2.45, 2.75) is 23.7 Å². The Morgan fingerprint density at radius 2 is 1.93 bits per heavy atom. The lowest BCUT2D eigenvalue weighted by Gasteiger charge is -2.26. The second kappa shape index (κ2) is 6.87. The second-order valence-corrected chi connectivity index (χ2v) is 8.20. The molecule has 0 bridgehead atoms. The van der Waals surface area contributed by atoms with Crippen molar-refractivity contribution >= 4 is 21.1 Å². The van der Waals surface area contributed by atoms with E-state index in [0.29, 0.717) is 11.3 Å². The molecule has 1 N–H and O–H groups in total. The predicted molar refractivity (Wildman–Crippen MR) is 95.1 cm³/mol. The molecular formula is C18H16F3N3O3S. The third-order valence-corrected chi connectivity index (χ3v) is 6.00. The standard InChI is InChI=1S/C18H16F3N3O3S/c19-18(20,21)12-6-7-16-15(8-12)23-17-11-27-10-13(24(16)17)9-22-28(25,26)14-4-2-1-3-5-14/h1-8,13,22H,9-11H2. The van der Waals surface area contributed by atoms with Crippen LogP contribution in [-0.4, -0.2) is 31.1 Å². The molecule has 4 rings (SSSR count). The molecule has 1 aliphatic rings. The number of benzene rings is 2. The fraction of sp³-hybridized carbons (Fsp3) is 0.278. The van der Waals surface area contributed by atoms with Crippen molar-refractivity contribution in [2.75, 3.05) is 13.2 Å². The minimum Gasteiger partial charge on any atom is -0.371 e. The molecule has 1 unspecified atom stereocenters. The van der Waals surface area contributed by atoms with Crippen LogP contribution in [0.5, 0.6) is 0 Å². The molecule has 148 valence electrons. The van der Waals surface area contributed by atoms with E-state index in [9.17, 15) is 21.6 Å². The summed E-state index contributed by atoms with van der Waals surface area (Å²) in [5.74, 6) is 0.462. The Balaban J connectivity index is 1.63. The van der Waals surface area contributed by atoms with Crippen LogP contribution < -0.4 is 4.72 Å².